The van der Waals surface area contributed by atoms with Crippen molar-refractivity contribution >= 4 is 0 Å². The number of hydrogen-bond donors (Lipinski definition) is 0. The third-order valence-electron chi connectivity index (χ3n) is 4.53. The largest absolute Gasteiger partial charge is 2.00 e. The van der Waals surface area contributed by atoms with Crippen LogP contribution < -0.4 is 0 Å². The van der Waals surface area contributed by atoms with Gasteiger partial charge < -0.3 is 12.2 Å². The van der Waals surface area contributed by atoms with E-state index in [9.17, 15) is 0 Å². The zero-order chi connectivity index (χ0) is 18.9. The fourth-order valence-electron chi connectivity index (χ4n) is 2.13. The van der Waals surface area contributed by atoms with E-state index in [-0.39, 0.29) is 23.4 Å². The summed E-state index contributed by atoms with van der Waals surface area (Å²) < 4.78 is 0. The minimum absolute atomic E-state index is 0. The van der Waals surface area contributed by atoms with Crippen molar-refractivity contribution in [2.45, 2.75) is 120 Å². The molecule has 2 heteroatoms. The van der Waals surface area contributed by atoms with E-state index in [1.54, 1.807) is 0 Å². The molecule has 1 N–H and O–H groups in total. The Kier molecular flexibility index (Phi) is 28.9. The van der Waals surface area contributed by atoms with E-state index in [1.807, 2.05) is 13.8 Å². The molecule has 0 aliphatic heterocycles. The van der Waals surface area contributed by atoms with E-state index in [0.29, 0.717) is 5.41 Å². The molecule has 0 aromatic heterocycles. The average Bonchev–Trinajstić information content (AvgIpc) is 2.47. The Labute approximate surface area is 167 Å². The van der Waals surface area contributed by atoms with Crippen LogP contribution in [0.25, 0.3) is 5.73 Å². The van der Waals surface area contributed by atoms with Crippen molar-refractivity contribution in [3.63, 3.8) is 0 Å². The summed E-state index contributed by atoms with van der Waals surface area (Å²) in [7, 11) is 0. The molecule has 0 spiro atoms. The zero-order valence-electron chi connectivity index (χ0n) is 18.7. The van der Waals surface area contributed by atoms with Crippen molar-refractivity contribution in [2.75, 3.05) is 0 Å². The van der Waals surface area contributed by atoms with Crippen LogP contribution >= 0.6 is 0 Å². The maximum Gasteiger partial charge on any atom is 2.00 e. The molecule has 0 aliphatic carbocycles. The van der Waals surface area contributed by atoms with E-state index >= 15 is 0 Å². The first-order chi connectivity index (χ1) is 10.7. The Morgan fingerprint density at radius 2 is 1.38 bits per heavy atom. The Bertz CT molecular complexity index is 212. The van der Waals surface area contributed by atoms with Crippen molar-refractivity contribution in [1.29, 1.82) is 0 Å². The summed E-state index contributed by atoms with van der Waals surface area (Å²) in [5.41, 5.74) is 8.21. The Morgan fingerprint density at radius 3 is 1.67 bits per heavy atom. The van der Waals surface area contributed by atoms with E-state index in [4.69, 9.17) is 5.73 Å². The molecule has 0 fully saturated rings. The molecule has 1 unspecified atom stereocenters. The zero-order valence-corrected chi connectivity index (χ0v) is 19.9. The van der Waals surface area contributed by atoms with E-state index in [0.717, 1.165) is 24.7 Å². The summed E-state index contributed by atoms with van der Waals surface area (Å²) in [5, 5.41) is 0. The molecule has 0 aromatic carbocycles. The van der Waals surface area contributed by atoms with Crippen LogP contribution in [0.2, 0.25) is 0 Å². The van der Waals surface area contributed by atoms with Gasteiger partial charge in [0.05, 0.1) is 0 Å². The van der Waals surface area contributed by atoms with Crippen LogP contribution in [-0.2, 0) is 17.4 Å². The van der Waals surface area contributed by atoms with Gasteiger partial charge in [0.2, 0.25) is 0 Å². The van der Waals surface area contributed by atoms with Gasteiger partial charge in [-0.05, 0) is 11.8 Å². The van der Waals surface area contributed by atoms with Crippen LogP contribution in [0.3, 0.4) is 0 Å². The van der Waals surface area contributed by atoms with Gasteiger partial charge in [0.15, 0.2) is 0 Å². The predicted octanol–water partition coefficient (Wildman–Crippen LogP) is 8.73. The van der Waals surface area contributed by atoms with Crippen LogP contribution in [0.1, 0.15) is 114 Å². The minimum Gasteiger partial charge on any atom is -0.675 e. The number of nitrogens with one attached hydrogen (secondary N) is 1. The minimum atomic E-state index is 0. The second-order valence-corrected chi connectivity index (χ2v) is 7.92. The van der Waals surface area contributed by atoms with E-state index in [2.05, 4.69) is 61.8 Å². The summed E-state index contributed by atoms with van der Waals surface area (Å²) in [6, 6.07) is 0.212. The van der Waals surface area contributed by atoms with Gasteiger partial charge in [-0.3, -0.25) is 0 Å². The number of unbranched alkanes of at least 4 members (excludes halogenated alkanes) is 1. The molecule has 0 heterocycles. The van der Waals surface area contributed by atoms with Crippen molar-refractivity contribution < 1.29 is 17.4 Å². The van der Waals surface area contributed by atoms with Gasteiger partial charge in [-0.1, -0.05) is 106 Å². The topological polar surface area (TPSA) is 23.8 Å². The molecular weight excluding hydrogens is 330 g/mol. The van der Waals surface area contributed by atoms with Crippen LogP contribution in [0.5, 0.6) is 0 Å². The summed E-state index contributed by atoms with van der Waals surface area (Å²) in [4.78, 5) is 0. The van der Waals surface area contributed by atoms with Crippen LogP contribution in [0, 0.1) is 23.7 Å². The first-order valence-corrected chi connectivity index (χ1v) is 10.2. The van der Waals surface area contributed by atoms with Gasteiger partial charge in [-0.25, -0.2) is 0 Å². The molecular formula is C22H49CrN. The molecule has 0 amide bonds. The molecule has 0 rings (SSSR count). The quantitative estimate of drug-likeness (QED) is 0.339. The van der Waals surface area contributed by atoms with Gasteiger partial charge in [0.1, 0.15) is 0 Å². The molecule has 1 nitrogen and oxygen atoms in total. The van der Waals surface area contributed by atoms with Crippen molar-refractivity contribution in [1.82, 2.24) is 0 Å². The fourth-order valence-corrected chi connectivity index (χ4v) is 2.13. The second kappa shape index (κ2) is 21.5. The third-order valence-corrected chi connectivity index (χ3v) is 4.53. The van der Waals surface area contributed by atoms with Crippen molar-refractivity contribution in [3.8, 4) is 0 Å². The standard InChI is InChI=1S/C11H24N.C9H19.C2H6.Cr/c1-4-5-8-11(12)9-6-7-10(2)3;1-6-7-9(4,5)8(2)3;1-2;/h10-12H,4-9H2,1-3H3;6,8H,7H2,1-5H3;1-2H3;/q2*-1;;+2. The van der Waals surface area contributed by atoms with E-state index < -0.39 is 0 Å². The normalized spacial score (nSPS) is 11.9. The molecule has 0 aromatic rings. The molecule has 0 saturated heterocycles. The second-order valence-electron chi connectivity index (χ2n) is 7.92. The first-order valence-electron chi connectivity index (χ1n) is 10.2. The molecule has 0 saturated carbocycles. The van der Waals surface area contributed by atoms with Gasteiger partial charge >= 0.3 is 17.4 Å². The molecule has 148 valence electrons. The van der Waals surface area contributed by atoms with Crippen LogP contribution in [0.15, 0.2) is 0 Å². The average molecular weight is 380 g/mol. The van der Waals surface area contributed by atoms with Gasteiger partial charge in [-0.2, -0.15) is 13.3 Å². The molecule has 0 aliphatic rings. The molecule has 0 bridgehead atoms. The predicted molar refractivity (Wildman–Crippen MR) is 111 cm³/mol. The van der Waals surface area contributed by atoms with Crippen molar-refractivity contribution in [2.24, 2.45) is 17.3 Å². The maximum atomic E-state index is 7.72. The monoisotopic (exact) mass is 379 g/mol. The van der Waals surface area contributed by atoms with Gasteiger partial charge in [0.25, 0.3) is 0 Å². The van der Waals surface area contributed by atoms with Gasteiger partial charge in [0, 0.05) is 0 Å². The third kappa shape index (κ3) is 24.7. The van der Waals surface area contributed by atoms with E-state index in [1.165, 1.54) is 32.1 Å². The molecule has 1 atom stereocenters. The smallest absolute Gasteiger partial charge is 0.675 e. The fraction of sp³-hybridized carbons (Fsp3) is 0.955. The summed E-state index contributed by atoms with van der Waals surface area (Å²) in [5.74, 6) is 1.59. The SMILES string of the molecule is CC.CCCCC([NH-])CCCC(C)C.C[CH-]CC(C)(C)C(C)C.[Cr+2]. The number of rotatable bonds is 10. The maximum absolute atomic E-state index is 7.72. The first kappa shape index (κ1) is 32.2. The summed E-state index contributed by atoms with van der Waals surface area (Å²) in [6.07, 6.45) is 10.7. The Balaban J connectivity index is -0.000000150. The Morgan fingerprint density at radius 1 is 0.917 bits per heavy atom. The van der Waals surface area contributed by atoms with Gasteiger partial charge in [-0.15, -0.1) is 6.04 Å². The Hall–Kier alpha value is 0.492. The summed E-state index contributed by atoms with van der Waals surface area (Å²) >= 11 is 0. The summed E-state index contributed by atoms with van der Waals surface area (Å²) in [6.45, 7) is 22.0. The molecule has 24 heavy (non-hydrogen) atoms. The van der Waals surface area contributed by atoms with Crippen LogP contribution in [-0.4, -0.2) is 6.04 Å². The number of hydrogen-bond acceptors (Lipinski definition) is 0. The van der Waals surface area contributed by atoms with Crippen molar-refractivity contribution in [3.05, 3.63) is 12.2 Å². The molecule has 0 radical (unpaired) electrons. The van der Waals surface area contributed by atoms with Crippen LogP contribution in [0.4, 0.5) is 0 Å².